The molecule has 0 saturated heterocycles. The zero-order valence-electron chi connectivity index (χ0n) is 8.49. The predicted molar refractivity (Wildman–Crippen MR) is 57.5 cm³/mol. The molecule has 1 aromatic rings. The second kappa shape index (κ2) is 5.45. The molecule has 1 N–H and O–H groups in total. The average molecular weight is 192 g/mol. The fourth-order valence-electron chi connectivity index (χ4n) is 1.32. The van der Waals surface area contributed by atoms with Gasteiger partial charge in [-0.15, -0.1) is 0 Å². The lowest BCUT2D eigenvalue weighted by Gasteiger charge is -2.05. The highest BCUT2D eigenvalue weighted by Crippen LogP contribution is 2.16. The van der Waals surface area contributed by atoms with Gasteiger partial charge in [0.1, 0.15) is 5.75 Å². The van der Waals surface area contributed by atoms with Crippen molar-refractivity contribution >= 4 is 0 Å². The molecule has 14 heavy (non-hydrogen) atoms. The highest BCUT2D eigenvalue weighted by Gasteiger charge is 1.98. The molecule has 0 atom stereocenters. The van der Waals surface area contributed by atoms with Crippen LogP contribution in [0.25, 0.3) is 0 Å². The van der Waals surface area contributed by atoms with Crippen LogP contribution in [0.5, 0.6) is 5.75 Å². The van der Waals surface area contributed by atoms with Gasteiger partial charge in [-0.05, 0) is 30.5 Å². The quantitative estimate of drug-likeness (QED) is 0.724. The van der Waals surface area contributed by atoms with Gasteiger partial charge in [-0.3, -0.25) is 0 Å². The lowest BCUT2D eigenvalue weighted by molar-refractivity contribution is 0.298. The second-order valence-corrected chi connectivity index (χ2v) is 3.25. The lowest BCUT2D eigenvalue weighted by Crippen LogP contribution is -1.93. The molecule has 1 aromatic carbocycles. The molecule has 0 bridgehead atoms. The summed E-state index contributed by atoms with van der Waals surface area (Å²) in [5.74, 6) is 0.860. The Hall–Kier alpha value is -1.28. The number of benzene rings is 1. The van der Waals surface area contributed by atoms with Crippen LogP contribution in [0.4, 0.5) is 0 Å². The highest BCUT2D eigenvalue weighted by atomic mass is 16.5. The Morgan fingerprint density at radius 3 is 2.93 bits per heavy atom. The average Bonchev–Trinajstić information content (AvgIpc) is 2.18. The molecule has 0 aliphatic rings. The largest absolute Gasteiger partial charge is 0.497 e. The van der Waals surface area contributed by atoms with E-state index in [0.29, 0.717) is 6.42 Å². The SMILES string of the molecule is C=C(CCO)Cc1cccc(OC)c1. The third kappa shape index (κ3) is 3.23. The maximum absolute atomic E-state index is 8.73. The van der Waals surface area contributed by atoms with Crippen LogP contribution in [0.3, 0.4) is 0 Å². The molecule has 2 heteroatoms. The van der Waals surface area contributed by atoms with E-state index in [1.54, 1.807) is 7.11 Å². The summed E-state index contributed by atoms with van der Waals surface area (Å²) in [6.07, 6.45) is 1.47. The number of methoxy groups -OCH3 is 1. The lowest BCUT2D eigenvalue weighted by atomic mass is 10.0. The van der Waals surface area contributed by atoms with Crippen LogP contribution in [0.15, 0.2) is 36.4 Å². The van der Waals surface area contributed by atoms with Crippen molar-refractivity contribution < 1.29 is 9.84 Å². The minimum absolute atomic E-state index is 0.169. The van der Waals surface area contributed by atoms with Crippen molar-refractivity contribution in [2.45, 2.75) is 12.8 Å². The van der Waals surface area contributed by atoms with E-state index in [-0.39, 0.29) is 6.61 Å². The number of hydrogen-bond donors (Lipinski definition) is 1. The highest BCUT2D eigenvalue weighted by molar-refractivity contribution is 5.30. The van der Waals surface area contributed by atoms with E-state index in [1.807, 2.05) is 24.3 Å². The van der Waals surface area contributed by atoms with Gasteiger partial charge < -0.3 is 9.84 Å². The fourth-order valence-corrected chi connectivity index (χ4v) is 1.32. The summed E-state index contributed by atoms with van der Waals surface area (Å²) in [6.45, 7) is 4.06. The van der Waals surface area contributed by atoms with Gasteiger partial charge in [-0.2, -0.15) is 0 Å². The topological polar surface area (TPSA) is 29.5 Å². The molecule has 0 amide bonds. The van der Waals surface area contributed by atoms with E-state index < -0.39 is 0 Å². The summed E-state index contributed by atoms with van der Waals surface area (Å²) in [5.41, 5.74) is 2.21. The number of aliphatic hydroxyl groups excluding tert-OH is 1. The Morgan fingerprint density at radius 1 is 1.50 bits per heavy atom. The molecule has 0 fully saturated rings. The van der Waals surface area contributed by atoms with Crippen LogP contribution in [0.2, 0.25) is 0 Å². The molecule has 0 saturated carbocycles. The molecule has 0 heterocycles. The van der Waals surface area contributed by atoms with Crippen molar-refractivity contribution in [3.63, 3.8) is 0 Å². The van der Waals surface area contributed by atoms with Crippen molar-refractivity contribution in [2.24, 2.45) is 0 Å². The Labute approximate surface area is 84.8 Å². The van der Waals surface area contributed by atoms with Crippen molar-refractivity contribution in [1.82, 2.24) is 0 Å². The molecule has 76 valence electrons. The minimum Gasteiger partial charge on any atom is -0.497 e. The monoisotopic (exact) mass is 192 g/mol. The van der Waals surface area contributed by atoms with Crippen LogP contribution in [0.1, 0.15) is 12.0 Å². The van der Waals surface area contributed by atoms with Crippen LogP contribution in [-0.4, -0.2) is 18.8 Å². The van der Waals surface area contributed by atoms with Crippen LogP contribution in [-0.2, 0) is 6.42 Å². The molecular formula is C12H16O2. The van der Waals surface area contributed by atoms with Crippen LogP contribution >= 0.6 is 0 Å². The van der Waals surface area contributed by atoms with E-state index in [0.717, 1.165) is 17.7 Å². The van der Waals surface area contributed by atoms with Gasteiger partial charge in [0.05, 0.1) is 7.11 Å². The van der Waals surface area contributed by atoms with E-state index >= 15 is 0 Å². The number of hydrogen-bond acceptors (Lipinski definition) is 2. The van der Waals surface area contributed by atoms with Crippen molar-refractivity contribution in [1.29, 1.82) is 0 Å². The third-order valence-electron chi connectivity index (χ3n) is 2.05. The van der Waals surface area contributed by atoms with E-state index in [1.165, 1.54) is 5.56 Å². The van der Waals surface area contributed by atoms with Crippen molar-refractivity contribution in [3.8, 4) is 5.75 Å². The maximum atomic E-state index is 8.73. The van der Waals surface area contributed by atoms with Gasteiger partial charge in [0, 0.05) is 6.61 Å². The first-order valence-electron chi connectivity index (χ1n) is 4.66. The molecule has 0 aliphatic heterocycles. The maximum Gasteiger partial charge on any atom is 0.119 e. The van der Waals surface area contributed by atoms with Crippen molar-refractivity contribution in [2.75, 3.05) is 13.7 Å². The predicted octanol–water partition coefficient (Wildman–Crippen LogP) is 2.18. The van der Waals surface area contributed by atoms with Gasteiger partial charge in [0.2, 0.25) is 0 Å². The number of ether oxygens (including phenoxy) is 1. The first kappa shape index (κ1) is 10.8. The third-order valence-corrected chi connectivity index (χ3v) is 2.05. The summed E-state index contributed by atoms with van der Waals surface area (Å²) in [4.78, 5) is 0. The molecule has 0 radical (unpaired) electrons. The smallest absolute Gasteiger partial charge is 0.119 e. The first-order valence-corrected chi connectivity index (χ1v) is 4.66. The van der Waals surface area contributed by atoms with Gasteiger partial charge in [0.15, 0.2) is 0 Å². The molecule has 2 nitrogen and oxygen atoms in total. The molecule has 0 aromatic heterocycles. The normalized spacial score (nSPS) is 9.86. The summed E-state index contributed by atoms with van der Waals surface area (Å²) >= 11 is 0. The Bertz CT molecular complexity index is 305. The first-order chi connectivity index (χ1) is 6.76. The van der Waals surface area contributed by atoms with Crippen LogP contribution < -0.4 is 4.74 Å². The zero-order valence-corrected chi connectivity index (χ0v) is 8.49. The summed E-state index contributed by atoms with van der Waals surface area (Å²) in [6, 6.07) is 7.90. The van der Waals surface area contributed by atoms with E-state index in [9.17, 15) is 0 Å². The molecule has 0 spiro atoms. The molecule has 1 rings (SSSR count). The molecule has 0 aliphatic carbocycles. The summed E-state index contributed by atoms with van der Waals surface area (Å²) in [7, 11) is 1.65. The van der Waals surface area contributed by atoms with Gasteiger partial charge in [-0.25, -0.2) is 0 Å². The number of aliphatic hydroxyl groups is 1. The summed E-state index contributed by atoms with van der Waals surface area (Å²) < 4.78 is 5.12. The number of rotatable bonds is 5. The van der Waals surface area contributed by atoms with Crippen LogP contribution in [0, 0.1) is 0 Å². The van der Waals surface area contributed by atoms with E-state index in [2.05, 4.69) is 6.58 Å². The Balaban J connectivity index is 2.62. The zero-order chi connectivity index (χ0) is 10.4. The summed E-state index contributed by atoms with van der Waals surface area (Å²) in [5, 5.41) is 8.73. The van der Waals surface area contributed by atoms with Crippen molar-refractivity contribution in [3.05, 3.63) is 42.0 Å². The van der Waals surface area contributed by atoms with Gasteiger partial charge in [-0.1, -0.05) is 24.3 Å². The Kier molecular flexibility index (Phi) is 4.20. The minimum atomic E-state index is 0.169. The molecular weight excluding hydrogens is 176 g/mol. The standard InChI is InChI=1S/C12H16O2/c1-10(6-7-13)8-11-4-3-5-12(9-11)14-2/h3-5,9,13H,1,6-8H2,2H3. The van der Waals surface area contributed by atoms with Gasteiger partial charge in [0.25, 0.3) is 0 Å². The van der Waals surface area contributed by atoms with Gasteiger partial charge >= 0.3 is 0 Å². The van der Waals surface area contributed by atoms with E-state index in [4.69, 9.17) is 9.84 Å². The Morgan fingerprint density at radius 2 is 2.29 bits per heavy atom. The fraction of sp³-hybridized carbons (Fsp3) is 0.333. The second-order valence-electron chi connectivity index (χ2n) is 3.25. The molecule has 0 unspecified atom stereocenters.